The molecule has 2 aromatic heterocycles. The van der Waals surface area contributed by atoms with Crippen molar-refractivity contribution in [2.75, 3.05) is 33.4 Å². The number of thioether (sulfide) groups is 1. The summed E-state index contributed by atoms with van der Waals surface area (Å²) in [5.41, 5.74) is 5.31. The molecule has 5 N–H and O–H groups in total. The lowest BCUT2D eigenvalue weighted by Gasteiger charge is -2.07. The number of nitrogens with two attached hydrogens (primary N) is 1. The molecule has 0 spiro atoms. The zero-order valence-corrected chi connectivity index (χ0v) is 20.5. The molecule has 2 rings (SSSR count). The third-order valence-electron chi connectivity index (χ3n) is 3.84. The van der Waals surface area contributed by atoms with E-state index in [-0.39, 0.29) is 0 Å². The van der Waals surface area contributed by atoms with Crippen molar-refractivity contribution in [3.05, 3.63) is 80.9 Å². The van der Waals surface area contributed by atoms with E-state index in [1.54, 1.807) is 45.4 Å². The standard InChI is InChI=1S/C9H15N5O2.C6H11N3.C4H8N2O2S/c1-10-9(7-14(15)16)12-3-2-5-13-6-4-11-8-13;7-2-1-4-9-5-3-8-6-9;1-5-4(9-2)3-6(7)8/h4,6-8,10,12H,2-3,5H2,1H3;3,5-6H,1-2,4,7H2;3,5H,1-2H3/b9-7+;;4-3-. The number of aryl methyl sites for hydroxylation is 2. The first-order chi connectivity index (χ1) is 16.4. The number of imidazole rings is 2. The Balaban J connectivity index is 0.000000518. The summed E-state index contributed by atoms with van der Waals surface area (Å²) in [6, 6.07) is 0. The van der Waals surface area contributed by atoms with Crippen LogP contribution in [0.4, 0.5) is 0 Å². The topological polar surface area (TPSA) is 184 Å². The van der Waals surface area contributed by atoms with Gasteiger partial charge in [0, 0.05) is 58.5 Å². The Labute approximate surface area is 203 Å². The van der Waals surface area contributed by atoms with E-state index >= 15 is 0 Å². The second kappa shape index (κ2) is 20.0. The average molecular weight is 499 g/mol. The zero-order chi connectivity index (χ0) is 25.6. The SMILES string of the molecule is CN/C(=C/[N+](=O)[O-])SC.CN/C(=C\[N+](=O)[O-])NCCCn1ccnc1.NCCCn1ccnc1. The third-order valence-corrected chi connectivity index (χ3v) is 4.59. The number of hydrogen-bond donors (Lipinski definition) is 4. The van der Waals surface area contributed by atoms with Crippen LogP contribution >= 0.6 is 11.8 Å². The van der Waals surface area contributed by atoms with Gasteiger partial charge in [0.15, 0.2) is 5.82 Å². The van der Waals surface area contributed by atoms with Crippen molar-refractivity contribution >= 4 is 11.8 Å². The van der Waals surface area contributed by atoms with E-state index in [0.717, 1.165) is 44.9 Å². The summed E-state index contributed by atoms with van der Waals surface area (Å²) in [5, 5.41) is 28.9. The Bertz CT molecular complexity index is 835. The van der Waals surface area contributed by atoms with E-state index in [0.29, 0.717) is 17.4 Å². The molecule has 190 valence electrons. The summed E-state index contributed by atoms with van der Waals surface area (Å²) in [7, 11) is 3.28. The van der Waals surface area contributed by atoms with Gasteiger partial charge in [-0.15, -0.1) is 11.8 Å². The van der Waals surface area contributed by atoms with Crippen molar-refractivity contribution in [1.29, 1.82) is 0 Å². The quantitative estimate of drug-likeness (QED) is 0.176. The Kier molecular flexibility index (Phi) is 17.9. The number of hydrogen-bond acceptors (Lipinski definition) is 11. The van der Waals surface area contributed by atoms with Crippen molar-refractivity contribution < 1.29 is 9.85 Å². The van der Waals surface area contributed by atoms with E-state index in [1.165, 1.54) is 11.8 Å². The van der Waals surface area contributed by atoms with Gasteiger partial charge in [0.2, 0.25) is 0 Å². The Morgan fingerprint density at radius 1 is 1.00 bits per heavy atom. The van der Waals surface area contributed by atoms with Crippen LogP contribution in [0.5, 0.6) is 0 Å². The van der Waals surface area contributed by atoms with Crippen LogP contribution in [0.2, 0.25) is 0 Å². The molecule has 0 aliphatic heterocycles. The molecular formula is C19H34N10O4S. The third kappa shape index (κ3) is 17.0. The second-order valence-corrected chi connectivity index (χ2v) is 7.18. The van der Waals surface area contributed by atoms with Crippen molar-refractivity contribution in [1.82, 2.24) is 35.1 Å². The molecule has 0 amide bonds. The lowest BCUT2D eigenvalue weighted by atomic mass is 10.4. The normalized spacial score (nSPS) is 10.8. The highest BCUT2D eigenvalue weighted by atomic mass is 32.2. The highest BCUT2D eigenvalue weighted by molar-refractivity contribution is 8.02. The van der Waals surface area contributed by atoms with Gasteiger partial charge in [-0.2, -0.15) is 0 Å². The molecule has 0 saturated heterocycles. The molecule has 15 heteroatoms. The Hall–Kier alpha value is -3.59. The van der Waals surface area contributed by atoms with E-state index in [9.17, 15) is 20.2 Å². The first kappa shape index (κ1) is 30.4. The van der Waals surface area contributed by atoms with Crippen LogP contribution in [0, 0.1) is 20.2 Å². The smallest absolute Gasteiger partial charge is 0.274 e. The Morgan fingerprint density at radius 2 is 1.56 bits per heavy atom. The molecule has 0 radical (unpaired) electrons. The minimum Gasteiger partial charge on any atom is -0.378 e. The summed E-state index contributed by atoms with van der Waals surface area (Å²) in [6.45, 7) is 3.23. The van der Waals surface area contributed by atoms with Crippen LogP contribution in [0.15, 0.2) is 60.7 Å². The highest BCUT2D eigenvalue weighted by Gasteiger charge is 1.99. The first-order valence-corrected chi connectivity index (χ1v) is 11.5. The Morgan fingerprint density at radius 3 is 1.91 bits per heavy atom. The number of nitrogens with one attached hydrogen (secondary N) is 3. The molecule has 2 aromatic rings. The van der Waals surface area contributed by atoms with Gasteiger partial charge >= 0.3 is 0 Å². The minimum atomic E-state index is -0.491. The number of nitro groups is 2. The lowest BCUT2D eigenvalue weighted by Crippen LogP contribution is -2.25. The molecule has 0 bridgehead atoms. The van der Waals surface area contributed by atoms with Gasteiger partial charge in [0.1, 0.15) is 5.03 Å². The maximum Gasteiger partial charge on any atom is 0.274 e. The van der Waals surface area contributed by atoms with Crippen molar-refractivity contribution in [3.63, 3.8) is 0 Å². The highest BCUT2D eigenvalue weighted by Crippen LogP contribution is 2.04. The van der Waals surface area contributed by atoms with E-state index in [4.69, 9.17) is 5.73 Å². The van der Waals surface area contributed by atoms with Gasteiger partial charge in [0.05, 0.1) is 22.5 Å². The number of nitrogens with zero attached hydrogens (tertiary/aromatic N) is 6. The number of rotatable bonds is 13. The van der Waals surface area contributed by atoms with Gasteiger partial charge in [0.25, 0.3) is 12.4 Å². The fourth-order valence-corrected chi connectivity index (χ4v) is 2.61. The van der Waals surface area contributed by atoms with Gasteiger partial charge in [-0.3, -0.25) is 20.2 Å². The molecule has 0 fully saturated rings. The molecule has 0 unspecified atom stereocenters. The van der Waals surface area contributed by atoms with E-state index in [1.807, 2.05) is 21.5 Å². The molecule has 0 aliphatic rings. The van der Waals surface area contributed by atoms with Crippen LogP contribution in [0.3, 0.4) is 0 Å². The van der Waals surface area contributed by atoms with Crippen LogP contribution < -0.4 is 21.7 Å². The predicted octanol–water partition coefficient (Wildman–Crippen LogP) is 1.03. The van der Waals surface area contributed by atoms with Crippen molar-refractivity contribution in [3.8, 4) is 0 Å². The predicted molar refractivity (Wildman–Crippen MR) is 133 cm³/mol. The molecule has 34 heavy (non-hydrogen) atoms. The average Bonchev–Trinajstić information content (AvgIpc) is 3.53. The van der Waals surface area contributed by atoms with Gasteiger partial charge in [-0.25, -0.2) is 9.97 Å². The lowest BCUT2D eigenvalue weighted by molar-refractivity contribution is -0.404. The molecular weight excluding hydrogens is 464 g/mol. The zero-order valence-electron chi connectivity index (χ0n) is 19.7. The van der Waals surface area contributed by atoms with Crippen LogP contribution in [-0.2, 0) is 13.1 Å². The molecule has 0 aromatic carbocycles. The maximum atomic E-state index is 10.2. The van der Waals surface area contributed by atoms with Gasteiger partial charge < -0.3 is 30.8 Å². The largest absolute Gasteiger partial charge is 0.378 e. The maximum absolute atomic E-state index is 10.2. The monoisotopic (exact) mass is 498 g/mol. The molecule has 2 heterocycles. The fraction of sp³-hybridized carbons (Fsp3) is 0.474. The first-order valence-electron chi connectivity index (χ1n) is 10.3. The van der Waals surface area contributed by atoms with Gasteiger partial charge in [-0.05, 0) is 25.6 Å². The molecule has 14 nitrogen and oxygen atoms in total. The summed E-state index contributed by atoms with van der Waals surface area (Å²) >= 11 is 1.31. The summed E-state index contributed by atoms with van der Waals surface area (Å²) in [6.07, 6.45) is 16.4. The van der Waals surface area contributed by atoms with Crippen molar-refractivity contribution in [2.24, 2.45) is 5.73 Å². The summed E-state index contributed by atoms with van der Waals surface area (Å²) in [4.78, 5) is 26.9. The second-order valence-electron chi connectivity index (χ2n) is 6.33. The van der Waals surface area contributed by atoms with Crippen molar-refractivity contribution in [2.45, 2.75) is 25.9 Å². The molecule has 0 saturated carbocycles. The summed E-state index contributed by atoms with van der Waals surface area (Å²) in [5.74, 6) is 0.413. The fourth-order valence-electron chi connectivity index (χ4n) is 2.22. The minimum absolute atomic E-state index is 0.413. The van der Waals surface area contributed by atoms with E-state index < -0.39 is 9.85 Å². The van der Waals surface area contributed by atoms with Crippen LogP contribution in [0.25, 0.3) is 0 Å². The number of aromatic nitrogens is 4. The van der Waals surface area contributed by atoms with E-state index in [2.05, 4.69) is 25.9 Å². The molecule has 0 atom stereocenters. The van der Waals surface area contributed by atoms with Crippen LogP contribution in [-0.4, -0.2) is 62.4 Å². The summed E-state index contributed by atoms with van der Waals surface area (Å²) < 4.78 is 3.98. The van der Waals surface area contributed by atoms with Gasteiger partial charge in [-0.1, -0.05) is 0 Å². The molecule has 0 aliphatic carbocycles. The van der Waals surface area contributed by atoms with Crippen LogP contribution in [0.1, 0.15) is 12.8 Å².